The minimum Gasteiger partial charge on any atom is -0.464 e. The lowest BCUT2D eigenvalue weighted by Gasteiger charge is -2.35. The molecule has 3 amide bonds. The van der Waals surface area contributed by atoms with E-state index in [4.69, 9.17) is 0 Å². The van der Waals surface area contributed by atoms with Crippen LogP contribution in [0.2, 0.25) is 0 Å². The van der Waals surface area contributed by atoms with E-state index in [1.807, 2.05) is 0 Å². The lowest BCUT2D eigenvalue weighted by Crippen LogP contribution is -2.54. The molecule has 148 valence electrons. The summed E-state index contributed by atoms with van der Waals surface area (Å²) in [4.78, 5) is 45.4. The van der Waals surface area contributed by atoms with Gasteiger partial charge in [0.1, 0.15) is 6.04 Å². The molecule has 10 heteroatoms. The second-order valence-corrected chi connectivity index (χ2v) is 6.60. The molecule has 3 N–H and O–H groups in total. The van der Waals surface area contributed by atoms with Gasteiger partial charge in [-0.15, -0.1) is 0 Å². The van der Waals surface area contributed by atoms with Gasteiger partial charge >= 0.3 is 12.2 Å². The van der Waals surface area contributed by atoms with Crippen LogP contribution in [0.1, 0.15) is 32.6 Å². The number of anilines is 1. The molecule has 0 saturated carbocycles. The van der Waals surface area contributed by atoms with Gasteiger partial charge in [0.05, 0.1) is 0 Å². The van der Waals surface area contributed by atoms with Gasteiger partial charge in [0.15, 0.2) is 0 Å². The number of carboxylic acid groups (broad SMARTS) is 2. The molecule has 0 unspecified atom stereocenters. The fourth-order valence-corrected chi connectivity index (χ4v) is 3.04. The summed E-state index contributed by atoms with van der Waals surface area (Å²) in [6, 6.07) is 0.420. The number of hydrogen-bond acceptors (Lipinski definition) is 6. The molecule has 0 spiro atoms. The third-order valence-corrected chi connectivity index (χ3v) is 4.61. The van der Waals surface area contributed by atoms with E-state index in [9.17, 15) is 24.6 Å². The molecular formula is C17H25N5O5. The van der Waals surface area contributed by atoms with Gasteiger partial charge in [0, 0.05) is 32.0 Å². The highest BCUT2D eigenvalue weighted by Crippen LogP contribution is 2.20. The summed E-state index contributed by atoms with van der Waals surface area (Å²) in [5.41, 5.74) is 0. The number of rotatable bonds is 7. The topological polar surface area (TPSA) is 136 Å². The molecule has 1 aromatic heterocycles. The average Bonchev–Trinajstić information content (AvgIpc) is 2.64. The smallest absolute Gasteiger partial charge is 0.417 e. The van der Waals surface area contributed by atoms with Crippen LogP contribution in [0.15, 0.2) is 18.5 Å². The van der Waals surface area contributed by atoms with E-state index in [0.29, 0.717) is 37.9 Å². The molecule has 1 fully saturated rings. The minimum absolute atomic E-state index is 0.0866. The Morgan fingerprint density at radius 1 is 1.22 bits per heavy atom. The summed E-state index contributed by atoms with van der Waals surface area (Å²) in [6.45, 7) is 3.51. The fraction of sp³-hybridized carbons (Fsp3) is 0.588. The molecule has 1 aromatic rings. The van der Waals surface area contributed by atoms with Crippen molar-refractivity contribution in [3.8, 4) is 0 Å². The average molecular weight is 379 g/mol. The number of carbonyl (C=O) groups excluding carboxylic acids is 1. The van der Waals surface area contributed by atoms with Crippen LogP contribution in [-0.2, 0) is 4.79 Å². The van der Waals surface area contributed by atoms with E-state index in [0.717, 1.165) is 12.8 Å². The number of hydrogen-bond donors (Lipinski definition) is 3. The van der Waals surface area contributed by atoms with E-state index in [2.05, 4.69) is 22.2 Å². The van der Waals surface area contributed by atoms with Gasteiger partial charge < -0.3 is 20.4 Å². The predicted molar refractivity (Wildman–Crippen MR) is 96.4 cm³/mol. The standard InChI is InChI=1S/C17H25N5O5/c1-12-5-10-21(11-6-12)14(23)13(22(16(24)25)17(26)27)4-2-7-18-15-19-8-3-9-20-15/h3,8-9,12-13H,2,4-7,10-11H2,1H3,(H,24,25)(H,26,27)(H,18,19,20)/t13-/m0/s1. The van der Waals surface area contributed by atoms with Gasteiger partial charge in [-0.3, -0.25) is 4.79 Å². The minimum atomic E-state index is -1.65. The highest BCUT2D eigenvalue weighted by Gasteiger charge is 2.37. The van der Waals surface area contributed by atoms with Gasteiger partial charge in [-0.05, 0) is 37.7 Å². The van der Waals surface area contributed by atoms with Crippen LogP contribution in [0.3, 0.4) is 0 Å². The maximum absolute atomic E-state index is 12.8. The monoisotopic (exact) mass is 379 g/mol. The number of aromatic nitrogens is 2. The second-order valence-electron chi connectivity index (χ2n) is 6.60. The predicted octanol–water partition coefficient (Wildman–Crippen LogP) is 1.95. The number of amides is 3. The first-order valence-electron chi connectivity index (χ1n) is 8.95. The van der Waals surface area contributed by atoms with Gasteiger partial charge in [-0.25, -0.2) is 19.6 Å². The van der Waals surface area contributed by atoms with Gasteiger partial charge in [-0.2, -0.15) is 4.90 Å². The van der Waals surface area contributed by atoms with Crippen LogP contribution < -0.4 is 5.32 Å². The third kappa shape index (κ3) is 5.80. The number of nitrogens with one attached hydrogen (secondary N) is 1. The number of piperidine rings is 1. The lowest BCUT2D eigenvalue weighted by atomic mass is 9.98. The van der Waals surface area contributed by atoms with Crippen LogP contribution in [0, 0.1) is 5.92 Å². The van der Waals surface area contributed by atoms with Crippen molar-refractivity contribution in [2.75, 3.05) is 25.0 Å². The van der Waals surface area contributed by atoms with Crippen molar-refractivity contribution >= 4 is 24.0 Å². The van der Waals surface area contributed by atoms with E-state index in [1.54, 1.807) is 23.4 Å². The summed E-state index contributed by atoms with van der Waals surface area (Å²) in [5, 5.41) is 21.5. The Bertz CT molecular complexity index is 634. The van der Waals surface area contributed by atoms with Crippen molar-refractivity contribution in [1.29, 1.82) is 0 Å². The summed E-state index contributed by atoms with van der Waals surface area (Å²) in [7, 11) is 0. The summed E-state index contributed by atoms with van der Waals surface area (Å²) in [5.74, 6) is 0.457. The number of likely N-dealkylation sites (tertiary alicyclic amines) is 1. The highest BCUT2D eigenvalue weighted by atomic mass is 16.4. The largest absolute Gasteiger partial charge is 0.464 e. The van der Waals surface area contributed by atoms with Gasteiger partial charge in [-0.1, -0.05) is 6.92 Å². The Morgan fingerprint density at radius 3 is 2.37 bits per heavy atom. The molecule has 2 heterocycles. The first kappa shape index (κ1) is 20.4. The van der Waals surface area contributed by atoms with Crippen molar-refractivity contribution in [3.05, 3.63) is 18.5 Å². The van der Waals surface area contributed by atoms with E-state index >= 15 is 0 Å². The molecule has 0 aliphatic carbocycles. The van der Waals surface area contributed by atoms with Crippen LogP contribution >= 0.6 is 0 Å². The Kier molecular flexibility index (Phi) is 7.33. The molecule has 27 heavy (non-hydrogen) atoms. The lowest BCUT2D eigenvalue weighted by molar-refractivity contribution is -0.137. The van der Waals surface area contributed by atoms with E-state index < -0.39 is 24.1 Å². The molecular weight excluding hydrogens is 354 g/mol. The normalized spacial score (nSPS) is 15.8. The first-order chi connectivity index (χ1) is 12.9. The Morgan fingerprint density at radius 2 is 1.81 bits per heavy atom. The van der Waals surface area contributed by atoms with E-state index in [1.165, 1.54) is 0 Å². The zero-order valence-electron chi connectivity index (χ0n) is 15.2. The SMILES string of the molecule is CC1CCN(C(=O)[C@H](CCCNc2ncccn2)N(C(=O)O)C(=O)O)CC1. The van der Waals surface area contributed by atoms with Crippen LogP contribution in [-0.4, -0.2) is 73.8 Å². The highest BCUT2D eigenvalue weighted by molar-refractivity contribution is 5.94. The third-order valence-electron chi connectivity index (χ3n) is 4.61. The van der Waals surface area contributed by atoms with E-state index in [-0.39, 0.29) is 11.3 Å². The summed E-state index contributed by atoms with van der Waals surface area (Å²) < 4.78 is 0. The summed E-state index contributed by atoms with van der Waals surface area (Å²) in [6.07, 6.45) is 1.98. The van der Waals surface area contributed by atoms with Crippen molar-refractivity contribution in [3.63, 3.8) is 0 Å². The van der Waals surface area contributed by atoms with Crippen LogP contribution in [0.5, 0.6) is 0 Å². The molecule has 1 atom stereocenters. The molecule has 2 rings (SSSR count). The van der Waals surface area contributed by atoms with Crippen molar-refractivity contribution in [1.82, 2.24) is 19.8 Å². The van der Waals surface area contributed by atoms with Crippen LogP contribution in [0.25, 0.3) is 0 Å². The molecule has 0 bridgehead atoms. The molecule has 1 saturated heterocycles. The van der Waals surface area contributed by atoms with Crippen molar-refractivity contribution in [2.45, 2.75) is 38.6 Å². The molecule has 10 nitrogen and oxygen atoms in total. The molecule has 1 aliphatic rings. The maximum Gasteiger partial charge on any atom is 0.417 e. The van der Waals surface area contributed by atoms with Gasteiger partial charge in [0.2, 0.25) is 11.9 Å². The zero-order chi connectivity index (χ0) is 19.8. The van der Waals surface area contributed by atoms with Crippen molar-refractivity contribution in [2.24, 2.45) is 5.92 Å². The quantitative estimate of drug-likeness (QED) is 0.612. The molecule has 1 aliphatic heterocycles. The van der Waals surface area contributed by atoms with Crippen LogP contribution in [0.4, 0.5) is 15.5 Å². The van der Waals surface area contributed by atoms with Crippen molar-refractivity contribution < 1.29 is 24.6 Å². The Labute approximate surface area is 157 Å². The summed E-state index contributed by atoms with van der Waals surface area (Å²) >= 11 is 0. The Balaban J connectivity index is 2.01. The maximum atomic E-state index is 12.8. The first-order valence-corrected chi connectivity index (χ1v) is 8.95. The molecule has 0 aromatic carbocycles. The number of imide groups is 1. The van der Waals surface area contributed by atoms with Gasteiger partial charge in [0.25, 0.3) is 0 Å². The second kappa shape index (κ2) is 9.70. The zero-order valence-corrected chi connectivity index (χ0v) is 15.2. The number of nitrogens with zero attached hydrogens (tertiary/aromatic N) is 4. The Hall–Kier alpha value is -2.91. The molecule has 0 radical (unpaired) electrons. The number of carbonyl (C=O) groups is 3. The fourth-order valence-electron chi connectivity index (χ4n) is 3.04.